The number of hydrogen-bond acceptors (Lipinski definition) is 9. The first-order valence-electron chi connectivity index (χ1n) is 11.4. The highest BCUT2D eigenvalue weighted by molar-refractivity contribution is 6.74. The largest absolute Gasteiger partial charge is 0.476 e. The van der Waals surface area contributed by atoms with Gasteiger partial charge in [-0.05, 0) is 32.0 Å². The Morgan fingerprint density at radius 2 is 1.74 bits per heavy atom. The molecule has 2 heterocycles. The highest BCUT2D eigenvalue weighted by atomic mass is 28.4. The molecule has 2 aliphatic heterocycles. The van der Waals surface area contributed by atoms with Crippen LogP contribution < -0.4 is 5.32 Å². The van der Waals surface area contributed by atoms with Gasteiger partial charge in [0.15, 0.2) is 14.1 Å². The lowest BCUT2D eigenvalue weighted by Gasteiger charge is -2.50. The maximum Gasteiger partial charge on any atom is 0.377 e. The number of aliphatic carboxylic acids is 1. The molecule has 0 aliphatic carbocycles. The van der Waals surface area contributed by atoms with E-state index in [2.05, 4.69) is 5.32 Å². The number of carboxylic acids is 1. The smallest absolute Gasteiger partial charge is 0.377 e. The van der Waals surface area contributed by atoms with Gasteiger partial charge >= 0.3 is 17.7 Å². The summed E-state index contributed by atoms with van der Waals surface area (Å²) in [5.74, 6) is -6.24. The van der Waals surface area contributed by atoms with E-state index < -0.39 is 68.2 Å². The average molecular weight is 506 g/mol. The minimum atomic E-state index is -2.52. The first kappa shape index (κ1) is 28.7. The molecule has 34 heavy (non-hydrogen) atoms. The van der Waals surface area contributed by atoms with Crippen molar-refractivity contribution >= 4 is 26.2 Å². The number of nitrogens with one attached hydrogen (secondary N) is 1. The summed E-state index contributed by atoms with van der Waals surface area (Å²) in [5, 5.41) is 23.8. The van der Waals surface area contributed by atoms with Crippen molar-refractivity contribution in [2.24, 2.45) is 0 Å². The number of hydrogen-bond donors (Lipinski definition) is 3. The maximum absolute atomic E-state index is 12.4. The van der Waals surface area contributed by atoms with Crippen LogP contribution in [0.25, 0.3) is 0 Å². The average Bonchev–Trinajstić information content (AvgIpc) is 3.00. The molecule has 0 aromatic carbocycles. The van der Waals surface area contributed by atoms with E-state index in [0.29, 0.717) is 0 Å². The fourth-order valence-electron chi connectivity index (χ4n) is 3.88. The van der Waals surface area contributed by atoms with Gasteiger partial charge in [0.1, 0.15) is 18.3 Å². The predicted molar refractivity (Wildman–Crippen MR) is 122 cm³/mol. The van der Waals surface area contributed by atoms with E-state index in [1.54, 1.807) is 13.8 Å². The molecule has 12 heteroatoms. The van der Waals surface area contributed by atoms with E-state index in [1.165, 1.54) is 6.92 Å². The van der Waals surface area contributed by atoms with Crippen LogP contribution in [0, 0.1) is 0 Å². The molecular weight excluding hydrogens is 466 g/mol. The molecule has 0 saturated carbocycles. The standard InChI is InChI=1S/C22H39NO10Si/c1-12(24)23-16-14(33-34(8,9)20(3,4)5)10-22(19(27)28,30-13(2)25)32-18(16)17(26)15-11-29-21(6,7)31-15/h14-18,26H,10-11H2,1-9H3,(H,23,24)(H,27,28)/t14-,15+,16+,17+,18+,22-/m0/s1. The van der Waals surface area contributed by atoms with Crippen LogP contribution in [0.15, 0.2) is 0 Å². The summed E-state index contributed by atoms with van der Waals surface area (Å²) in [5.41, 5.74) is 0. The van der Waals surface area contributed by atoms with Gasteiger partial charge in [0.05, 0.1) is 25.2 Å². The minimum absolute atomic E-state index is 0.0161. The van der Waals surface area contributed by atoms with Crippen LogP contribution in [0.2, 0.25) is 18.1 Å². The molecule has 0 bridgehead atoms. The van der Waals surface area contributed by atoms with Crippen LogP contribution in [0.1, 0.15) is 54.9 Å². The summed E-state index contributed by atoms with van der Waals surface area (Å²) in [6.45, 7) is 15.7. The van der Waals surface area contributed by atoms with E-state index in [0.717, 1.165) is 6.92 Å². The van der Waals surface area contributed by atoms with Crippen molar-refractivity contribution in [3.05, 3.63) is 0 Å². The Morgan fingerprint density at radius 1 is 1.15 bits per heavy atom. The molecule has 1 amide bonds. The van der Waals surface area contributed by atoms with Crippen molar-refractivity contribution < 1.29 is 48.0 Å². The predicted octanol–water partition coefficient (Wildman–Crippen LogP) is 1.53. The van der Waals surface area contributed by atoms with E-state index in [4.69, 9.17) is 23.4 Å². The second-order valence-electron chi connectivity index (χ2n) is 10.9. The lowest BCUT2D eigenvalue weighted by molar-refractivity contribution is -0.300. The van der Waals surface area contributed by atoms with E-state index in [1.807, 2.05) is 33.9 Å². The molecule has 196 valence electrons. The van der Waals surface area contributed by atoms with Gasteiger partial charge in [0.25, 0.3) is 0 Å². The van der Waals surface area contributed by atoms with Crippen molar-refractivity contribution in [3.8, 4) is 0 Å². The molecule has 2 aliphatic rings. The Labute approximate surface area is 201 Å². The summed E-state index contributed by atoms with van der Waals surface area (Å²) in [6.07, 6.45) is -4.98. The van der Waals surface area contributed by atoms with Gasteiger partial charge < -0.3 is 38.9 Å². The number of carbonyl (C=O) groups is 3. The summed E-state index contributed by atoms with van der Waals surface area (Å²) >= 11 is 0. The summed E-state index contributed by atoms with van der Waals surface area (Å²) in [6, 6.07) is -0.947. The number of amides is 1. The second-order valence-corrected chi connectivity index (χ2v) is 15.7. The first-order valence-corrected chi connectivity index (χ1v) is 14.3. The maximum atomic E-state index is 12.4. The van der Waals surface area contributed by atoms with Gasteiger partial charge in [-0.3, -0.25) is 9.59 Å². The number of ether oxygens (including phenoxy) is 4. The fraction of sp³-hybridized carbons (Fsp3) is 0.864. The quantitative estimate of drug-likeness (QED) is 0.343. The lowest BCUT2D eigenvalue weighted by Crippen LogP contribution is -2.69. The van der Waals surface area contributed by atoms with Crippen LogP contribution in [0.4, 0.5) is 0 Å². The molecule has 0 spiro atoms. The number of aliphatic hydroxyl groups excluding tert-OH is 1. The highest BCUT2D eigenvalue weighted by Crippen LogP contribution is 2.42. The van der Waals surface area contributed by atoms with Crippen LogP contribution >= 0.6 is 0 Å². The third kappa shape index (κ3) is 6.35. The normalized spacial score (nSPS) is 32.6. The van der Waals surface area contributed by atoms with Crippen molar-refractivity contribution in [2.75, 3.05) is 6.61 Å². The van der Waals surface area contributed by atoms with Gasteiger partial charge in [0.2, 0.25) is 5.91 Å². The summed E-state index contributed by atoms with van der Waals surface area (Å²) in [7, 11) is -2.52. The van der Waals surface area contributed by atoms with Crippen LogP contribution in [0.5, 0.6) is 0 Å². The molecule has 2 saturated heterocycles. The van der Waals surface area contributed by atoms with Gasteiger partial charge in [-0.1, -0.05) is 20.8 Å². The Morgan fingerprint density at radius 3 is 2.15 bits per heavy atom. The van der Waals surface area contributed by atoms with Crippen molar-refractivity contribution in [1.29, 1.82) is 0 Å². The van der Waals surface area contributed by atoms with Gasteiger partial charge in [0, 0.05) is 13.8 Å². The van der Waals surface area contributed by atoms with E-state index in [-0.39, 0.29) is 18.1 Å². The number of carboxylic acid groups (broad SMARTS) is 1. The molecule has 0 unspecified atom stereocenters. The molecule has 0 radical (unpaired) electrons. The molecule has 11 nitrogen and oxygen atoms in total. The Kier molecular flexibility index (Phi) is 8.28. The Hall–Kier alpha value is -1.57. The SMILES string of the molecule is CC(=O)N[C@H]1[C@H]([C@H](O)[C@H]2COC(C)(C)O2)O[C@](OC(C)=O)(C(=O)O)C[C@@H]1O[Si](C)(C)C(C)(C)C. The lowest BCUT2D eigenvalue weighted by atomic mass is 9.88. The number of carbonyl (C=O) groups excluding carboxylic acids is 2. The van der Waals surface area contributed by atoms with Crippen molar-refractivity contribution in [3.63, 3.8) is 0 Å². The van der Waals surface area contributed by atoms with Crippen LogP contribution in [-0.2, 0) is 37.8 Å². The topological polar surface area (TPSA) is 150 Å². The number of rotatable bonds is 7. The van der Waals surface area contributed by atoms with Gasteiger partial charge in [-0.25, -0.2) is 4.79 Å². The summed E-state index contributed by atoms with van der Waals surface area (Å²) < 4.78 is 28.9. The zero-order valence-electron chi connectivity index (χ0n) is 21.5. The molecule has 2 rings (SSSR count). The molecule has 0 aromatic rings. The molecule has 0 aromatic heterocycles. The zero-order chi connectivity index (χ0) is 26.3. The van der Waals surface area contributed by atoms with Gasteiger partial charge in [-0.2, -0.15) is 0 Å². The molecule has 6 atom stereocenters. The number of esters is 1. The third-order valence-corrected chi connectivity index (χ3v) is 11.1. The highest BCUT2D eigenvalue weighted by Gasteiger charge is 2.60. The van der Waals surface area contributed by atoms with E-state index in [9.17, 15) is 24.6 Å². The summed E-state index contributed by atoms with van der Waals surface area (Å²) in [4.78, 5) is 36.4. The second kappa shape index (κ2) is 9.82. The third-order valence-electron chi connectivity index (χ3n) is 6.56. The zero-order valence-corrected chi connectivity index (χ0v) is 22.5. The Bertz CT molecular complexity index is 795. The van der Waals surface area contributed by atoms with Crippen molar-refractivity contribution in [2.45, 2.75) is 115 Å². The molecular formula is C22H39NO10Si. The Balaban J connectivity index is 2.56. The molecule has 2 fully saturated rings. The van der Waals surface area contributed by atoms with Crippen molar-refractivity contribution in [1.82, 2.24) is 5.32 Å². The van der Waals surface area contributed by atoms with Crippen LogP contribution in [-0.4, -0.2) is 85.0 Å². The van der Waals surface area contributed by atoms with Crippen LogP contribution in [0.3, 0.4) is 0 Å². The monoisotopic (exact) mass is 505 g/mol. The number of aliphatic hydroxyl groups is 1. The fourth-order valence-corrected chi connectivity index (χ4v) is 5.22. The first-order chi connectivity index (χ1) is 15.3. The minimum Gasteiger partial charge on any atom is -0.476 e. The van der Waals surface area contributed by atoms with Gasteiger partial charge in [-0.15, -0.1) is 0 Å². The molecule has 3 N–H and O–H groups in total. The van der Waals surface area contributed by atoms with E-state index >= 15 is 0 Å².